The second-order valence-corrected chi connectivity index (χ2v) is 11.1. The molecule has 0 aliphatic heterocycles. The van der Waals surface area contributed by atoms with Crippen molar-refractivity contribution in [2.24, 2.45) is 0 Å². The molecule has 19 heteroatoms. The van der Waals surface area contributed by atoms with Crippen LogP contribution >= 0.6 is 0 Å². The molecule has 0 atom stereocenters. The normalized spacial score (nSPS) is 9.76. The van der Waals surface area contributed by atoms with Crippen molar-refractivity contribution >= 4 is 29.8 Å². The average molecular weight is 801 g/mol. The summed E-state index contributed by atoms with van der Waals surface area (Å²) in [6.07, 6.45) is 0. The highest BCUT2D eigenvalue weighted by molar-refractivity contribution is 5.95. The first-order chi connectivity index (χ1) is 27.6. The summed E-state index contributed by atoms with van der Waals surface area (Å²) in [6, 6.07) is 30.4. The summed E-state index contributed by atoms with van der Waals surface area (Å²) < 4.78 is 20.0. The van der Waals surface area contributed by atoms with E-state index in [-0.39, 0.29) is 58.7 Å². The van der Waals surface area contributed by atoms with E-state index in [1.807, 2.05) is 0 Å². The lowest BCUT2D eigenvalue weighted by Gasteiger charge is -2.09. The van der Waals surface area contributed by atoms with E-state index >= 15 is 0 Å². The van der Waals surface area contributed by atoms with Gasteiger partial charge in [-0.25, -0.2) is 14.4 Å². The number of aromatic carboxylic acids is 1. The minimum absolute atomic E-state index is 0.0160. The van der Waals surface area contributed by atoms with Crippen LogP contribution in [0.15, 0.2) is 121 Å². The number of nitrogens with zero attached hydrogens (tertiary/aromatic N) is 2. The molecule has 0 saturated heterocycles. The van der Waals surface area contributed by atoms with Crippen LogP contribution in [0.5, 0.6) is 28.7 Å². The SMILES string of the molecule is CC(=O)Oc1ccccc1C(=O)O.CC(=O)Oc1ccccc1C(=O)Oc1cccc(CO[N+](=O)[O-])c1.O=C(Oc1cccc(CO[N+](=O)[O-])c1)c1ccccc1O. The Hall–Kier alpha value is -8.35. The van der Waals surface area contributed by atoms with Crippen LogP contribution in [0.3, 0.4) is 0 Å². The van der Waals surface area contributed by atoms with Crippen molar-refractivity contribution in [3.05, 3.63) is 169 Å². The predicted octanol–water partition coefficient (Wildman–Crippen LogP) is 6.17. The summed E-state index contributed by atoms with van der Waals surface area (Å²) in [5.41, 5.74) is 1.04. The smallest absolute Gasteiger partial charge is 0.347 e. The minimum atomic E-state index is -1.11. The Morgan fingerprint density at radius 2 is 0.931 bits per heavy atom. The zero-order valence-corrected chi connectivity index (χ0v) is 30.4. The number of para-hydroxylation sites is 3. The number of ether oxygens (including phenoxy) is 4. The van der Waals surface area contributed by atoms with E-state index in [9.17, 15) is 49.3 Å². The Kier molecular flexibility index (Phi) is 16.8. The fourth-order valence-electron chi connectivity index (χ4n) is 4.39. The third kappa shape index (κ3) is 15.2. The van der Waals surface area contributed by atoms with Crippen molar-refractivity contribution in [2.75, 3.05) is 0 Å². The highest BCUT2D eigenvalue weighted by atomic mass is 17.0. The van der Waals surface area contributed by atoms with Gasteiger partial charge in [0.2, 0.25) is 0 Å². The number of carbonyl (C=O) groups is 5. The van der Waals surface area contributed by atoms with Crippen molar-refractivity contribution in [1.29, 1.82) is 0 Å². The second-order valence-electron chi connectivity index (χ2n) is 11.1. The summed E-state index contributed by atoms with van der Waals surface area (Å²) in [5.74, 6) is -3.30. The molecule has 0 heterocycles. The standard InChI is InChI=1S/C16H13NO7.C14H11NO6.C9H8O4/c1-11(18)23-15-8-3-2-7-14(15)16(19)24-13-6-4-5-12(9-13)10-22-17(20)21;16-13-7-2-1-6-12(13)14(17)21-11-5-3-4-10(8-11)9-20-15(18)19;1-6(10)13-8-5-3-2-4-7(8)9(11)12/h2-9H,10H2,1H3;1-8,16H,9H2;2-5H,1H3,(H,11,12). The van der Waals surface area contributed by atoms with Gasteiger partial charge in [-0.05, 0) is 71.8 Å². The van der Waals surface area contributed by atoms with E-state index in [1.165, 1.54) is 74.5 Å². The van der Waals surface area contributed by atoms with Gasteiger partial charge in [-0.3, -0.25) is 9.59 Å². The van der Waals surface area contributed by atoms with Crippen molar-refractivity contribution in [3.63, 3.8) is 0 Å². The van der Waals surface area contributed by atoms with Crippen LogP contribution in [0.2, 0.25) is 0 Å². The molecule has 5 aromatic carbocycles. The molecule has 19 nitrogen and oxygen atoms in total. The van der Waals surface area contributed by atoms with Gasteiger partial charge in [-0.1, -0.05) is 60.7 Å². The van der Waals surface area contributed by atoms with Gasteiger partial charge in [0.1, 0.15) is 58.7 Å². The maximum Gasteiger partial charge on any atom is 0.347 e. The van der Waals surface area contributed by atoms with E-state index in [0.29, 0.717) is 11.1 Å². The van der Waals surface area contributed by atoms with Crippen molar-refractivity contribution in [3.8, 4) is 28.7 Å². The fraction of sp³-hybridized carbons (Fsp3) is 0.103. The van der Waals surface area contributed by atoms with E-state index in [0.717, 1.165) is 0 Å². The number of aromatic hydroxyl groups is 1. The maximum absolute atomic E-state index is 12.2. The van der Waals surface area contributed by atoms with Gasteiger partial charge in [-0.15, -0.1) is 20.2 Å². The van der Waals surface area contributed by atoms with Gasteiger partial charge < -0.3 is 38.8 Å². The second kappa shape index (κ2) is 22.1. The highest BCUT2D eigenvalue weighted by Gasteiger charge is 2.17. The average Bonchev–Trinajstić information content (AvgIpc) is 3.17. The molecule has 0 bridgehead atoms. The molecule has 5 aromatic rings. The van der Waals surface area contributed by atoms with Crippen LogP contribution in [-0.4, -0.2) is 50.2 Å². The first kappa shape index (κ1) is 44.0. The topological polar surface area (TPSA) is 267 Å². The fourth-order valence-corrected chi connectivity index (χ4v) is 4.39. The summed E-state index contributed by atoms with van der Waals surface area (Å²) in [5, 5.41) is 36.8. The third-order valence-electron chi connectivity index (χ3n) is 6.75. The molecule has 5 rings (SSSR count). The Balaban J connectivity index is 0.000000243. The molecule has 0 saturated carbocycles. The Bertz CT molecular complexity index is 2270. The number of carbonyl (C=O) groups excluding carboxylic acids is 4. The number of phenolic OH excluding ortho intramolecular Hbond substituents is 1. The molecule has 2 N–H and O–H groups in total. The van der Waals surface area contributed by atoms with Crippen LogP contribution in [0, 0.1) is 20.2 Å². The first-order valence-corrected chi connectivity index (χ1v) is 16.4. The van der Waals surface area contributed by atoms with Crippen molar-refractivity contribution in [2.45, 2.75) is 27.1 Å². The molecule has 0 aromatic heterocycles. The van der Waals surface area contributed by atoms with Gasteiger partial charge in [0.15, 0.2) is 0 Å². The van der Waals surface area contributed by atoms with E-state index in [2.05, 4.69) is 14.4 Å². The van der Waals surface area contributed by atoms with Crippen LogP contribution in [0.25, 0.3) is 0 Å². The lowest BCUT2D eigenvalue weighted by molar-refractivity contribution is -0.763. The van der Waals surface area contributed by atoms with Gasteiger partial charge in [-0.2, -0.15) is 0 Å². The number of rotatable bonds is 13. The molecule has 300 valence electrons. The molecule has 0 radical (unpaired) electrons. The van der Waals surface area contributed by atoms with Crippen molar-refractivity contribution < 1.29 is 73.0 Å². The number of hydrogen-bond acceptors (Lipinski definition) is 16. The zero-order chi connectivity index (χ0) is 42.6. The van der Waals surface area contributed by atoms with Gasteiger partial charge in [0.25, 0.3) is 10.2 Å². The number of esters is 4. The minimum Gasteiger partial charge on any atom is -0.507 e. The summed E-state index contributed by atoms with van der Waals surface area (Å²) in [6.45, 7) is 1.94. The Morgan fingerprint density at radius 1 is 0.534 bits per heavy atom. The molecular weight excluding hydrogens is 768 g/mol. The number of phenols is 1. The van der Waals surface area contributed by atoms with Gasteiger partial charge in [0.05, 0.1) is 0 Å². The largest absolute Gasteiger partial charge is 0.507 e. The number of benzene rings is 5. The molecule has 0 spiro atoms. The third-order valence-corrected chi connectivity index (χ3v) is 6.75. The number of carboxylic acid groups (broad SMARTS) is 1. The molecule has 0 aliphatic carbocycles. The lowest BCUT2D eigenvalue weighted by Crippen LogP contribution is -2.12. The number of carboxylic acids is 1. The summed E-state index contributed by atoms with van der Waals surface area (Å²) >= 11 is 0. The van der Waals surface area contributed by atoms with Gasteiger partial charge >= 0.3 is 29.8 Å². The molecular formula is C39H32N2O17. The quantitative estimate of drug-likeness (QED) is 0.0583. The van der Waals surface area contributed by atoms with E-state index in [1.54, 1.807) is 60.7 Å². The van der Waals surface area contributed by atoms with Gasteiger partial charge in [0, 0.05) is 13.8 Å². The predicted molar refractivity (Wildman–Crippen MR) is 197 cm³/mol. The monoisotopic (exact) mass is 800 g/mol. The van der Waals surface area contributed by atoms with Crippen molar-refractivity contribution in [1.82, 2.24) is 0 Å². The molecule has 0 fully saturated rings. The summed E-state index contributed by atoms with van der Waals surface area (Å²) in [4.78, 5) is 85.2. The zero-order valence-electron chi connectivity index (χ0n) is 30.4. The molecule has 58 heavy (non-hydrogen) atoms. The maximum atomic E-state index is 12.2. The summed E-state index contributed by atoms with van der Waals surface area (Å²) in [7, 11) is 0. The van der Waals surface area contributed by atoms with E-state index < -0.39 is 40.0 Å². The van der Waals surface area contributed by atoms with Crippen LogP contribution in [-0.2, 0) is 32.5 Å². The lowest BCUT2D eigenvalue weighted by atomic mass is 10.2. The van der Waals surface area contributed by atoms with Crippen LogP contribution in [0.1, 0.15) is 56.0 Å². The first-order valence-electron chi connectivity index (χ1n) is 16.4. The Morgan fingerprint density at radius 3 is 1.36 bits per heavy atom. The van der Waals surface area contributed by atoms with Crippen LogP contribution < -0.4 is 18.9 Å². The van der Waals surface area contributed by atoms with E-state index in [4.69, 9.17) is 19.3 Å². The molecule has 0 aliphatic rings. The Labute approximate surface area is 327 Å². The number of hydrogen-bond donors (Lipinski definition) is 2. The highest BCUT2D eigenvalue weighted by Crippen LogP contribution is 2.23. The molecule has 0 amide bonds. The van der Waals surface area contributed by atoms with Crippen LogP contribution in [0.4, 0.5) is 0 Å². The molecule has 0 unspecified atom stereocenters.